The Hall–Kier alpha value is -1.39. The molecule has 0 bridgehead atoms. The van der Waals surface area contributed by atoms with Crippen LogP contribution in [0.3, 0.4) is 0 Å². The zero-order valence-electron chi connectivity index (χ0n) is 11.1. The van der Waals surface area contributed by atoms with Gasteiger partial charge in [-0.25, -0.2) is 4.98 Å². The molecule has 1 aliphatic rings. The van der Waals surface area contributed by atoms with Gasteiger partial charge in [-0.15, -0.1) is 11.3 Å². The molecule has 1 saturated carbocycles. The zero-order valence-corrected chi connectivity index (χ0v) is 12.7. The maximum Gasteiger partial charge on any atom is 0.270 e. The van der Waals surface area contributed by atoms with Crippen molar-refractivity contribution in [1.82, 2.24) is 10.3 Å². The van der Waals surface area contributed by atoms with E-state index < -0.39 is 0 Å². The van der Waals surface area contributed by atoms with Gasteiger partial charge >= 0.3 is 0 Å². The molecule has 3 rings (SSSR count). The van der Waals surface area contributed by atoms with E-state index in [1.54, 1.807) is 5.38 Å². The van der Waals surface area contributed by atoms with E-state index in [0.717, 1.165) is 22.9 Å². The number of hydrogen-bond donors (Lipinski definition) is 1. The van der Waals surface area contributed by atoms with Gasteiger partial charge in [-0.2, -0.15) is 0 Å². The van der Waals surface area contributed by atoms with Crippen molar-refractivity contribution in [3.05, 3.63) is 50.9 Å². The van der Waals surface area contributed by atoms with Crippen molar-refractivity contribution in [1.29, 1.82) is 0 Å². The van der Waals surface area contributed by atoms with E-state index in [1.165, 1.54) is 16.9 Å². The monoisotopic (exact) mass is 306 g/mol. The van der Waals surface area contributed by atoms with Crippen LogP contribution >= 0.6 is 22.9 Å². The lowest BCUT2D eigenvalue weighted by Crippen LogP contribution is -2.32. The van der Waals surface area contributed by atoms with Crippen LogP contribution in [0.15, 0.2) is 29.6 Å². The number of rotatable bonds is 4. The number of benzene rings is 1. The van der Waals surface area contributed by atoms with E-state index in [4.69, 9.17) is 11.6 Å². The Balaban J connectivity index is 1.66. The minimum atomic E-state index is -0.0883. The second kappa shape index (κ2) is 5.19. The number of aromatic nitrogens is 1. The van der Waals surface area contributed by atoms with E-state index in [2.05, 4.69) is 22.4 Å². The highest BCUT2D eigenvalue weighted by Crippen LogP contribution is 2.47. The van der Waals surface area contributed by atoms with Gasteiger partial charge in [0.2, 0.25) is 0 Å². The number of nitrogens with one attached hydrogen (secondary N) is 1. The van der Waals surface area contributed by atoms with Crippen molar-refractivity contribution in [2.24, 2.45) is 0 Å². The van der Waals surface area contributed by atoms with Gasteiger partial charge in [-0.05, 0) is 37.5 Å². The molecule has 1 amide bonds. The average molecular weight is 307 g/mol. The highest BCUT2D eigenvalue weighted by atomic mass is 35.5. The van der Waals surface area contributed by atoms with Crippen LogP contribution in [0.4, 0.5) is 0 Å². The number of nitrogens with zero attached hydrogens (tertiary/aromatic N) is 1. The third-order valence-electron chi connectivity index (χ3n) is 3.75. The van der Waals surface area contributed by atoms with Crippen LogP contribution in [0.1, 0.15) is 33.9 Å². The molecular formula is C15H15ClN2OS. The molecule has 3 nitrogen and oxygen atoms in total. The van der Waals surface area contributed by atoms with Gasteiger partial charge < -0.3 is 5.32 Å². The van der Waals surface area contributed by atoms with Crippen LogP contribution in [-0.4, -0.2) is 17.4 Å². The van der Waals surface area contributed by atoms with E-state index in [9.17, 15) is 4.79 Å². The topological polar surface area (TPSA) is 42.0 Å². The maximum atomic E-state index is 12.0. The molecule has 0 unspecified atom stereocenters. The van der Waals surface area contributed by atoms with E-state index in [1.807, 2.05) is 19.1 Å². The third-order valence-corrected chi connectivity index (χ3v) is 4.77. The number of amides is 1. The summed E-state index contributed by atoms with van der Waals surface area (Å²) in [5, 5.41) is 6.45. The first-order chi connectivity index (χ1) is 9.59. The van der Waals surface area contributed by atoms with Crippen molar-refractivity contribution < 1.29 is 4.79 Å². The van der Waals surface area contributed by atoms with Gasteiger partial charge in [0.25, 0.3) is 5.91 Å². The lowest BCUT2D eigenvalue weighted by Gasteiger charge is -2.16. The number of carbonyl (C=O) groups excluding carboxylic acids is 1. The number of carbonyl (C=O) groups is 1. The number of aryl methyl sites for hydroxylation is 1. The summed E-state index contributed by atoms with van der Waals surface area (Å²) in [6.07, 6.45) is 2.20. The van der Waals surface area contributed by atoms with Gasteiger partial charge in [0.1, 0.15) is 5.69 Å². The van der Waals surface area contributed by atoms with Crippen LogP contribution in [0.25, 0.3) is 0 Å². The van der Waals surface area contributed by atoms with Crippen molar-refractivity contribution >= 4 is 28.8 Å². The SMILES string of the molecule is Cc1nc(C(=O)NCC2(c3ccc(Cl)cc3)CC2)cs1. The fourth-order valence-electron chi connectivity index (χ4n) is 2.33. The van der Waals surface area contributed by atoms with E-state index in [0.29, 0.717) is 12.2 Å². The van der Waals surface area contributed by atoms with Gasteiger partial charge in [0.15, 0.2) is 0 Å². The summed E-state index contributed by atoms with van der Waals surface area (Å²) in [5.74, 6) is -0.0883. The van der Waals surface area contributed by atoms with Gasteiger partial charge in [-0.1, -0.05) is 23.7 Å². The van der Waals surface area contributed by atoms with E-state index in [-0.39, 0.29) is 11.3 Å². The summed E-state index contributed by atoms with van der Waals surface area (Å²) in [4.78, 5) is 16.2. The number of hydrogen-bond acceptors (Lipinski definition) is 3. The van der Waals surface area contributed by atoms with Gasteiger partial charge in [0.05, 0.1) is 5.01 Å². The molecular weight excluding hydrogens is 292 g/mol. The number of halogens is 1. The first kappa shape index (κ1) is 13.6. The van der Waals surface area contributed by atoms with Crippen LogP contribution in [0, 0.1) is 6.92 Å². The molecule has 0 saturated heterocycles. The fourth-order valence-corrected chi connectivity index (χ4v) is 3.05. The standard InChI is InChI=1S/C15H15ClN2OS/c1-10-18-13(8-20-10)14(19)17-9-15(6-7-15)11-2-4-12(16)5-3-11/h2-5,8H,6-7,9H2,1H3,(H,17,19). The Morgan fingerprint density at radius 3 is 2.65 bits per heavy atom. The molecule has 5 heteroatoms. The predicted octanol–water partition coefficient (Wildman–Crippen LogP) is 3.57. The van der Waals surface area contributed by atoms with Crippen molar-refractivity contribution in [2.75, 3.05) is 6.54 Å². The van der Waals surface area contributed by atoms with Crippen LogP contribution in [0.5, 0.6) is 0 Å². The normalized spacial score (nSPS) is 15.9. The average Bonchev–Trinajstić information content (AvgIpc) is 3.11. The molecule has 1 aromatic heterocycles. The molecule has 1 heterocycles. The summed E-state index contributed by atoms with van der Waals surface area (Å²) in [7, 11) is 0. The third kappa shape index (κ3) is 2.72. The second-order valence-electron chi connectivity index (χ2n) is 5.22. The molecule has 1 N–H and O–H groups in total. The quantitative estimate of drug-likeness (QED) is 0.938. The van der Waals surface area contributed by atoms with Crippen molar-refractivity contribution in [3.8, 4) is 0 Å². The van der Waals surface area contributed by atoms with Crippen molar-refractivity contribution in [3.63, 3.8) is 0 Å². The maximum absolute atomic E-state index is 12.0. The fraction of sp³-hybridized carbons (Fsp3) is 0.333. The van der Waals surface area contributed by atoms with Crippen LogP contribution in [0.2, 0.25) is 5.02 Å². The highest BCUT2D eigenvalue weighted by Gasteiger charge is 2.44. The lowest BCUT2D eigenvalue weighted by atomic mass is 9.96. The lowest BCUT2D eigenvalue weighted by molar-refractivity contribution is 0.0945. The Kier molecular flexibility index (Phi) is 3.52. The largest absolute Gasteiger partial charge is 0.350 e. The molecule has 2 aromatic rings. The molecule has 1 aromatic carbocycles. The Bertz CT molecular complexity index is 632. The molecule has 20 heavy (non-hydrogen) atoms. The van der Waals surface area contributed by atoms with Crippen LogP contribution < -0.4 is 5.32 Å². The minimum absolute atomic E-state index is 0.0883. The Labute approximate surface area is 127 Å². The Morgan fingerprint density at radius 1 is 1.40 bits per heavy atom. The Morgan fingerprint density at radius 2 is 2.10 bits per heavy atom. The van der Waals surface area contributed by atoms with Gasteiger partial charge in [0, 0.05) is 22.4 Å². The number of thiazole rings is 1. The first-order valence-corrected chi connectivity index (χ1v) is 7.81. The van der Waals surface area contributed by atoms with Crippen LogP contribution in [-0.2, 0) is 5.41 Å². The summed E-state index contributed by atoms with van der Waals surface area (Å²) < 4.78 is 0. The highest BCUT2D eigenvalue weighted by molar-refractivity contribution is 7.09. The summed E-state index contributed by atoms with van der Waals surface area (Å²) in [6.45, 7) is 2.56. The molecule has 0 atom stereocenters. The summed E-state index contributed by atoms with van der Waals surface area (Å²) in [6, 6.07) is 7.91. The zero-order chi connectivity index (χ0) is 14.2. The second-order valence-corrected chi connectivity index (χ2v) is 6.72. The molecule has 0 aliphatic heterocycles. The smallest absolute Gasteiger partial charge is 0.270 e. The van der Waals surface area contributed by atoms with Crippen molar-refractivity contribution in [2.45, 2.75) is 25.2 Å². The first-order valence-electron chi connectivity index (χ1n) is 6.55. The molecule has 1 aliphatic carbocycles. The van der Waals surface area contributed by atoms with Gasteiger partial charge in [-0.3, -0.25) is 4.79 Å². The molecule has 1 fully saturated rings. The summed E-state index contributed by atoms with van der Waals surface area (Å²) in [5.41, 5.74) is 1.85. The van der Waals surface area contributed by atoms with E-state index >= 15 is 0 Å². The molecule has 0 radical (unpaired) electrons. The summed E-state index contributed by atoms with van der Waals surface area (Å²) >= 11 is 7.41. The molecule has 104 valence electrons. The minimum Gasteiger partial charge on any atom is -0.350 e. The molecule has 0 spiro atoms. The predicted molar refractivity (Wildman–Crippen MR) is 81.5 cm³/mol.